The molecule has 1 aromatic rings. The fraction of sp³-hybridized carbons (Fsp3) is 0.545. The fourth-order valence-electron chi connectivity index (χ4n) is 1.32. The molecule has 0 unspecified atom stereocenters. The normalized spacial score (nSPS) is 11.5. The van der Waals surface area contributed by atoms with Gasteiger partial charge in [-0.2, -0.15) is 5.10 Å². The Morgan fingerprint density at radius 3 is 2.38 bits per heavy atom. The Hall–Kier alpha value is -1.65. The van der Waals surface area contributed by atoms with Crippen LogP contribution in [0.25, 0.3) is 0 Å². The Labute approximate surface area is 94.1 Å². The van der Waals surface area contributed by atoms with Gasteiger partial charge in [0.15, 0.2) is 5.78 Å². The van der Waals surface area contributed by atoms with Crippen LogP contribution in [0.4, 0.5) is 0 Å². The molecule has 1 heterocycles. The molecule has 0 bridgehead atoms. The van der Waals surface area contributed by atoms with Crippen LogP contribution in [-0.2, 0) is 17.3 Å². The highest BCUT2D eigenvalue weighted by Crippen LogP contribution is 2.21. The zero-order valence-electron chi connectivity index (χ0n) is 9.94. The van der Waals surface area contributed by atoms with Gasteiger partial charge in [0.25, 0.3) is 0 Å². The zero-order valence-corrected chi connectivity index (χ0v) is 9.94. The van der Waals surface area contributed by atoms with Gasteiger partial charge in [-0.25, -0.2) is 0 Å². The van der Waals surface area contributed by atoms with Gasteiger partial charge in [0.05, 0.1) is 5.69 Å². The molecule has 0 fully saturated rings. The van der Waals surface area contributed by atoms with Crippen molar-refractivity contribution in [3.05, 3.63) is 17.5 Å². The van der Waals surface area contributed by atoms with E-state index in [1.807, 2.05) is 20.8 Å². The summed E-state index contributed by atoms with van der Waals surface area (Å²) in [5.74, 6) is -1.54. The smallest absolute Gasteiger partial charge is 0.311 e. The molecule has 88 valence electrons. The van der Waals surface area contributed by atoms with Crippen LogP contribution < -0.4 is 0 Å². The molecule has 16 heavy (non-hydrogen) atoms. The van der Waals surface area contributed by atoms with Gasteiger partial charge < -0.3 is 5.11 Å². The summed E-state index contributed by atoms with van der Waals surface area (Å²) in [6, 6.07) is 1.66. The lowest BCUT2D eigenvalue weighted by atomic mass is 9.92. The molecule has 0 spiro atoms. The topological polar surface area (TPSA) is 72.2 Å². The lowest BCUT2D eigenvalue weighted by molar-refractivity contribution is -0.135. The van der Waals surface area contributed by atoms with Crippen molar-refractivity contribution in [3.8, 4) is 0 Å². The first-order valence-corrected chi connectivity index (χ1v) is 5.01. The summed E-state index contributed by atoms with van der Waals surface area (Å²) in [6.45, 7) is 5.96. The minimum absolute atomic E-state index is 0.153. The third kappa shape index (κ3) is 2.68. The van der Waals surface area contributed by atoms with Crippen molar-refractivity contribution in [1.29, 1.82) is 0 Å². The Morgan fingerprint density at radius 1 is 1.44 bits per heavy atom. The first-order chi connectivity index (χ1) is 7.21. The minimum Gasteiger partial charge on any atom is -0.481 e. The van der Waals surface area contributed by atoms with E-state index in [2.05, 4.69) is 5.10 Å². The Kier molecular flexibility index (Phi) is 3.16. The maximum atomic E-state index is 11.6. The molecular formula is C11H16N2O3. The van der Waals surface area contributed by atoms with E-state index in [0.717, 1.165) is 5.69 Å². The summed E-state index contributed by atoms with van der Waals surface area (Å²) in [5.41, 5.74) is 0.968. The molecule has 0 aromatic carbocycles. The van der Waals surface area contributed by atoms with Crippen LogP contribution in [0.1, 0.15) is 43.4 Å². The summed E-state index contributed by atoms with van der Waals surface area (Å²) >= 11 is 0. The van der Waals surface area contributed by atoms with Gasteiger partial charge in [-0.3, -0.25) is 14.3 Å². The molecule has 0 aliphatic rings. The minimum atomic E-state index is -1.12. The molecule has 0 aliphatic carbocycles. The van der Waals surface area contributed by atoms with Crippen molar-refractivity contribution in [2.24, 2.45) is 7.05 Å². The van der Waals surface area contributed by atoms with Crippen molar-refractivity contribution in [2.75, 3.05) is 0 Å². The Morgan fingerprint density at radius 2 is 2.00 bits per heavy atom. The van der Waals surface area contributed by atoms with E-state index in [1.165, 1.54) is 4.68 Å². The number of hydrogen-bond acceptors (Lipinski definition) is 3. The standard InChI is InChI=1S/C11H16N2O3/c1-11(2,3)9-5-7(13(4)12-9)8(14)6-10(15)16/h5H,6H2,1-4H3,(H,15,16). The predicted molar refractivity (Wildman–Crippen MR) is 58.5 cm³/mol. The molecule has 0 amide bonds. The number of aryl methyl sites for hydroxylation is 1. The van der Waals surface area contributed by atoms with Gasteiger partial charge in [0.1, 0.15) is 12.1 Å². The number of aliphatic carboxylic acids is 1. The van der Waals surface area contributed by atoms with Crippen LogP contribution in [-0.4, -0.2) is 26.6 Å². The van der Waals surface area contributed by atoms with Crippen LogP contribution >= 0.6 is 0 Å². The highest BCUT2D eigenvalue weighted by molar-refractivity contribution is 6.04. The maximum absolute atomic E-state index is 11.6. The molecule has 0 saturated heterocycles. The van der Waals surface area contributed by atoms with Crippen molar-refractivity contribution < 1.29 is 14.7 Å². The number of carbonyl (C=O) groups excluding carboxylic acids is 1. The van der Waals surface area contributed by atoms with Crippen molar-refractivity contribution >= 4 is 11.8 Å². The van der Waals surface area contributed by atoms with Crippen molar-refractivity contribution in [1.82, 2.24) is 9.78 Å². The number of rotatable bonds is 3. The van der Waals surface area contributed by atoms with Crippen LogP contribution in [0, 0.1) is 0 Å². The van der Waals surface area contributed by atoms with Crippen LogP contribution in [0.15, 0.2) is 6.07 Å². The number of ketones is 1. The molecule has 1 aromatic heterocycles. The molecule has 5 heteroatoms. The first-order valence-electron chi connectivity index (χ1n) is 5.01. The Bertz CT molecular complexity index is 427. The number of nitrogens with zero attached hydrogens (tertiary/aromatic N) is 2. The number of hydrogen-bond donors (Lipinski definition) is 1. The molecule has 1 rings (SSSR count). The second kappa shape index (κ2) is 4.08. The van der Waals surface area contributed by atoms with Gasteiger partial charge in [-0.05, 0) is 6.07 Å². The SMILES string of the molecule is Cn1nc(C(C)(C)C)cc1C(=O)CC(=O)O. The summed E-state index contributed by atoms with van der Waals surface area (Å²) in [6.07, 6.45) is -0.497. The fourth-order valence-corrected chi connectivity index (χ4v) is 1.32. The molecule has 0 aliphatic heterocycles. The van der Waals surface area contributed by atoms with Gasteiger partial charge in [-0.15, -0.1) is 0 Å². The van der Waals surface area contributed by atoms with E-state index in [4.69, 9.17) is 5.11 Å². The highest BCUT2D eigenvalue weighted by Gasteiger charge is 2.22. The molecule has 0 radical (unpaired) electrons. The van der Waals surface area contributed by atoms with E-state index in [0.29, 0.717) is 5.69 Å². The second-order valence-corrected chi connectivity index (χ2v) is 4.78. The number of carboxylic acid groups (broad SMARTS) is 1. The molecule has 1 N–H and O–H groups in total. The van der Waals surface area contributed by atoms with E-state index < -0.39 is 18.2 Å². The van der Waals surface area contributed by atoms with E-state index in [1.54, 1.807) is 13.1 Å². The number of carbonyl (C=O) groups is 2. The molecule has 0 atom stereocenters. The van der Waals surface area contributed by atoms with E-state index >= 15 is 0 Å². The third-order valence-corrected chi connectivity index (χ3v) is 2.25. The van der Waals surface area contributed by atoms with Crippen LogP contribution in [0.2, 0.25) is 0 Å². The number of Topliss-reactive ketones (excluding diaryl/α,β-unsaturated/α-hetero) is 1. The largest absolute Gasteiger partial charge is 0.481 e. The van der Waals surface area contributed by atoms with Crippen molar-refractivity contribution in [3.63, 3.8) is 0 Å². The van der Waals surface area contributed by atoms with Crippen LogP contribution in [0.3, 0.4) is 0 Å². The highest BCUT2D eigenvalue weighted by atomic mass is 16.4. The third-order valence-electron chi connectivity index (χ3n) is 2.25. The van der Waals surface area contributed by atoms with Gasteiger partial charge >= 0.3 is 5.97 Å². The van der Waals surface area contributed by atoms with Gasteiger partial charge in [-0.1, -0.05) is 20.8 Å². The number of aromatic nitrogens is 2. The summed E-state index contributed by atoms with van der Waals surface area (Å²) in [4.78, 5) is 22.0. The predicted octanol–water partition coefficient (Wildman–Crippen LogP) is 1.38. The average Bonchev–Trinajstić information content (AvgIpc) is 2.44. The van der Waals surface area contributed by atoms with Crippen LogP contribution in [0.5, 0.6) is 0 Å². The van der Waals surface area contributed by atoms with E-state index in [9.17, 15) is 9.59 Å². The Balaban J connectivity index is 3.03. The van der Waals surface area contributed by atoms with Gasteiger partial charge in [0, 0.05) is 12.5 Å². The first kappa shape index (κ1) is 12.4. The zero-order chi connectivity index (χ0) is 12.5. The van der Waals surface area contributed by atoms with Gasteiger partial charge in [0.2, 0.25) is 0 Å². The molecule has 5 nitrogen and oxygen atoms in total. The monoisotopic (exact) mass is 224 g/mol. The second-order valence-electron chi connectivity index (χ2n) is 4.78. The summed E-state index contributed by atoms with van der Waals surface area (Å²) in [7, 11) is 1.64. The molecular weight excluding hydrogens is 208 g/mol. The average molecular weight is 224 g/mol. The molecule has 0 saturated carbocycles. The van der Waals surface area contributed by atoms with Crippen molar-refractivity contribution in [2.45, 2.75) is 32.6 Å². The quantitative estimate of drug-likeness (QED) is 0.621. The number of carboxylic acids is 1. The lowest BCUT2D eigenvalue weighted by Crippen LogP contribution is -2.12. The van der Waals surface area contributed by atoms with E-state index in [-0.39, 0.29) is 5.41 Å². The lowest BCUT2D eigenvalue weighted by Gasteiger charge is -2.13. The summed E-state index contributed by atoms with van der Waals surface area (Å²) in [5, 5.41) is 12.8. The maximum Gasteiger partial charge on any atom is 0.311 e. The summed E-state index contributed by atoms with van der Waals surface area (Å²) < 4.78 is 1.44.